The predicted molar refractivity (Wildman–Crippen MR) is 129 cm³/mol. The van der Waals surface area contributed by atoms with Crippen molar-refractivity contribution in [2.75, 3.05) is 18.1 Å². The van der Waals surface area contributed by atoms with Gasteiger partial charge in [0.1, 0.15) is 0 Å². The van der Waals surface area contributed by atoms with Crippen LogP contribution in [-0.2, 0) is 14.3 Å². The Morgan fingerprint density at radius 3 is 2.26 bits per heavy atom. The van der Waals surface area contributed by atoms with Crippen molar-refractivity contribution in [1.82, 2.24) is 0 Å². The molecule has 0 aliphatic carbocycles. The predicted octanol–water partition coefficient (Wildman–Crippen LogP) is 5.00. The SMILES string of the molecule is O=C(COC(=O)[C@@H]1CC(=O)N(c2ccc(Cl)cc2C(=O)c2ccccc2)C1)c1ccc(Cl)cc1. The van der Waals surface area contributed by atoms with Crippen molar-refractivity contribution in [2.24, 2.45) is 5.92 Å². The Labute approximate surface area is 206 Å². The fourth-order valence-electron chi connectivity index (χ4n) is 3.74. The van der Waals surface area contributed by atoms with Gasteiger partial charge in [0.15, 0.2) is 18.2 Å². The Morgan fingerprint density at radius 1 is 0.882 bits per heavy atom. The number of rotatable bonds is 7. The molecule has 0 radical (unpaired) electrons. The van der Waals surface area contributed by atoms with E-state index in [9.17, 15) is 19.2 Å². The minimum absolute atomic E-state index is 0.0313. The van der Waals surface area contributed by atoms with Crippen LogP contribution in [0.3, 0.4) is 0 Å². The minimum atomic E-state index is -0.763. The maximum atomic E-state index is 13.1. The lowest BCUT2D eigenvalue weighted by Crippen LogP contribution is -2.28. The van der Waals surface area contributed by atoms with Gasteiger partial charge in [-0.15, -0.1) is 0 Å². The zero-order valence-electron chi connectivity index (χ0n) is 17.9. The lowest BCUT2D eigenvalue weighted by atomic mass is 10.0. The quantitative estimate of drug-likeness (QED) is 0.340. The number of anilines is 1. The summed E-state index contributed by atoms with van der Waals surface area (Å²) in [7, 11) is 0. The highest BCUT2D eigenvalue weighted by Crippen LogP contribution is 2.32. The van der Waals surface area contributed by atoms with Crippen LogP contribution >= 0.6 is 23.2 Å². The Bertz CT molecular complexity index is 1260. The van der Waals surface area contributed by atoms with Gasteiger partial charge in [0, 0.05) is 39.7 Å². The van der Waals surface area contributed by atoms with Gasteiger partial charge in [0.25, 0.3) is 0 Å². The second-order valence-corrected chi connectivity index (χ2v) is 8.67. The van der Waals surface area contributed by atoms with Crippen LogP contribution in [0.5, 0.6) is 0 Å². The normalized spacial score (nSPS) is 15.3. The number of carbonyl (C=O) groups excluding carboxylic acids is 4. The fraction of sp³-hybridized carbons (Fsp3) is 0.154. The van der Waals surface area contributed by atoms with E-state index in [-0.39, 0.29) is 36.0 Å². The van der Waals surface area contributed by atoms with E-state index < -0.39 is 18.5 Å². The molecule has 3 aromatic carbocycles. The van der Waals surface area contributed by atoms with Crippen molar-refractivity contribution in [1.29, 1.82) is 0 Å². The number of esters is 1. The second kappa shape index (κ2) is 10.2. The molecule has 1 aliphatic rings. The average molecular weight is 496 g/mol. The summed E-state index contributed by atoms with van der Waals surface area (Å²) in [6, 6.07) is 19.6. The molecule has 1 saturated heterocycles. The zero-order valence-corrected chi connectivity index (χ0v) is 19.4. The Kier molecular flexibility index (Phi) is 7.10. The number of nitrogens with zero attached hydrogens (tertiary/aromatic N) is 1. The molecule has 1 fully saturated rings. The molecule has 4 rings (SSSR count). The third kappa shape index (κ3) is 5.19. The molecule has 0 N–H and O–H groups in total. The van der Waals surface area contributed by atoms with Crippen molar-refractivity contribution < 1.29 is 23.9 Å². The van der Waals surface area contributed by atoms with Crippen LogP contribution in [0.4, 0.5) is 5.69 Å². The first-order valence-corrected chi connectivity index (χ1v) is 11.2. The summed E-state index contributed by atoms with van der Waals surface area (Å²) in [5, 5.41) is 0.844. The smallest absolute Gasteiger partial charge is 0.311 e. The van der Waals surface area contributed by atoms with E-state index in [0.29, 0.717) is 26.9 Å². The van der Waals surface area contributed by atoms with E-state index >= 15 is 0 Å². The zero-order chi connectivity index (χ0) is 24.2. The molecule has 3 aromatic rings. The first kappa shape index (κ1) is 23.7. The van der Waals surface area contributed by atoms with Crippen molar-refractivity contribution in [2.45, 2.75) is 6.42 Å². The number of hydrogen-bond acceptors (Lipinski definition) is 5. The number of Topliss-reactive ketones (excluding diaryl/α,β-unsaturated/α-hetero) is 1. The Balaban J connectivity index is 1.47. The lowest BCUT2D eigenvalue weighted by molar-refractivity contribution is -0.147. The van der Waals surface area contributed by atoms with E-state index in [2.05, 4.69) is 0 Å². The highest BCUT2D eigenvalue weighted by Gasteiger charge is 2.38. The van der Waals surface area contributed by atoms with Gasteiger partial charge in [0.05, 0.1) is 11.6 Å². The van der Waals surface area contributed by atoms with E-state index in [0.717, 1.165) is 0 Å². The van der Waals surface area contributed by atoms with Gasteiger partial charge >= 0.3 is 5.97 Å². The summed E-state index contributed by atoms with van der Waals surface area (Å²) in [4.78, 5) is 52.1. The fourth-order valence-corrected chi connectivity index (χ4v) is 4.04. The van der Waals surface area contributed by atoms with Crippen molar-refractivity contribution in [3.63, 3.8) is 0 Å². The van der Waals surface area contributed by atoms with Crippen molar-refractivity contribution >= 4 is 52.3 Å². The number of amides is 1. The first-order chi connectivity index (χ1) is 16.3. The number of hydrogen-bond donors (Lipinski definition) is 0. The molecule has 1 aliphatic heterocycles. The molecule has 0 aromatic heterocycles. The van der Waals surface area contributed by atoms with Crippen molar-refractivity contribution in [3.8, 4) is 0 Å². The molecule has 1 amide bonds. The second-order valence-electron chi connectivity index (χ2n) is 7.80. The molecule has 8 heteroatoms. The van der Waals surface area contributed by atoms with Crippen LogP contribution in [0.25, 0.3) is 0 Å². The number of ketones is 2. The summed E-state index contributed by atoms with van der Waals surface area (Å²) in [6.07, 6.45) is -0.0877. The molecule has 1 atom stereocenters. The molecule has 0 unspecified atom stereocenters. The highest BCUT2D eigenvalue weighted by atomic mass is 35.5. The number of halogens is 2. The Hall–Kier alpha value is -3.48. The van der Waals surface area contributed by atoms with Gasteiger partial charge in [-0.3, -0.25) is 19.2 Å². The molecule has 0 spiro atoms. The summed E-state index contributed by atoms with van der Waals surface area (Å²) in [6.45, 7) is -0.409. The number of ether oxygens (including phenoxy) is 1. The summed E-state index contributed by atoms with van der Waals surface area (Å²) < 4.78 is 5.18. The summed E-state index contributed by atoms with van der Waals surface area (Å²) in [5.41, 5.74) is 1.45. The van der Waals surface area contributed by atoms with E-state index in [4.69, 9.17) is 27.9 Å². The maximum absolute atomic E-state index is 13.1. The molecule has 1 heterocycles. The molecule has 0 bridgehead atoms. The number of benzene rings is 3. The van der Waals surface area contributed by atoms with Crippen LogP contribution in [-0.4, -0.2) is 36.6 Å². The summed E-state index contributed by atoms with van der Waals surface area (Å²) >= 11 is 12.0. The largest absolute Gasteiger partial charge is 0.457 e. The van der Waals surface area contributed by atoms with Gasteiger partial charge in [-0.25, -0.2) is 0 Å². The standard InChI is InChI=1S/C26H19Cl2NO5/c27-19-8-6-16(7-9-19)23(30)15-34-26(33)18-12-24(31)29(14-18)22-11-10-20(28)13-21(22)25(32)17-4-2-1-3-5-17/h1-11,13,18H,12,14-15H2/t18-/m1/s1. The number of carbonyl (C=O) groups is 4. The van der Waals surface area contributed by atoms with Gasteiger partial charge in [0.2, 0.25) is 5.91 Å². The molecule has 0 saturated carbocycles. The van der Waals surface area contributed by atoms with E-state index in [1.807, 2.05) is 0 Å². The average Bonchev–Trinajstić information content (AvgIpc) is 3.24. The Morgan fingerprint density at radius 2 is 1.56 bits per heavy atom. The van der Waals surface area contributed by atoms with Crippen LogP contribution in [0.15, 0.2) is 72.8 Å². The molecule has 6 nitrogen and oxygen atoms in total. The van der Waals surface area contributed by atoms with Gasteiger partial charge in [-0.2, -0.15) is 0 Å². The molecule has 172 valence electrons. The third-order valence-electron chi connectivity index (χ3n) is 5.50. The topological polar surface area (TPSA) is 80.8 Å². The first-order valence-electron chi connectivity index (χ1n) is 10.5. The summed E-state index contributed by atoms with van der Waals surface area (Å²) in [5.74, 6) is -2.40. The molecular weight excluding hydrogens is 477 g/mol. The van der Waals surface area contributed by atoms with Crippen LogP contribution < -0.4 is 4.90 Å². The lowest BCUT2D eigenvalue weighted by Gasteiger charge is -2.20. The molecule has 34 heavy (non-hydrogen) atoms. The van der Waals surface area contributed by atoms with Crippen LogP contribution in [0.2, 0.25) is 10.0 Å². The third-order valence-corrected chi connectivity index (χ3v) is 5.99. The highest BCUT2D eigenvalue weighted by molar-refractivity contribution is 6.31. The minimum Gasteiger partial charge on any atom is -0.457 e. The van der Waals surface area contributed by atoms with E-state index in [1.54, 1.807) is 66.7 Å². The van der Waals surface area contributed by atoms with Crippen LogP contribution in [0, 0.1) is 5.92 Å². The van der Waals surface area contributed by atoms with Gasteiger partial charge in [-0.05, 0) is 42.5 Å². The van der Waals surface area contributed by atoms with Crippen LogP contribution in [0.1, 0.15) is 32.7 Å². The van der Waals surface area contributed by atoms with Gasteiger partial charge in [-0.1, -0.05) is 53.5 Å². The van der Waals surface area contributed by atoms with Gasteiger partial charge < -0.3 is 9.64 Å². The van der Waals surface area contributed by atoms with Crippen molar-refractivity contribution in [3.05, 3.63) is 99.5 Å². The van der Waals surface area contributed by atoms with E-state index in [1.165, 1.54) is 11.0 Å². The monoisotopic (exact) mass is 495 g/mol. The maximum Gasteiger partial charge on any atom is 0.311 e. The molecular formula is C26H19Cl2NO5.